The fourth-order valence-corrected chi connectivity index (χ4v) is 3.10. The second kappa shape index (κ2) is 6.33. The van der Waals surface area contributed by atoms with Crippen molar-refractivity contribution in [2.75, 3.05) is 0 Å². The molecule has 0 aromatic heterocycles. The zero-order chi connectivity index (χ0) is 14.7. The molecule has 2 rings (SSSR count). The van der Waals surface area contributed by atoms with Crippen LogP contribution in [0.2, 0.25) is 5.02 Å². The van der Waals surface area contributed by atoms with E-state index in [1.807, 2.05) is 0 Å². The number of nitro groups is 1. The second-order valence-corrected chi connectivity index (χ2v) is 5.74. The minimum atomic E-state index is -0.415. The smallest absolute Gasteiger partial charge is 0.258 e. The molecule has 0 amide bonds. The van der Waals surface area contributed by atoms with Gasteiger partial charge < -0.3 is 0 Å². The topological polar surface area (TPSA) is 43.1 Å². The second-order valence-electron chi connectivity index (χ2n) is 4.22. The van der Waals surface area contributed by atoms with Gasteiger partial charge in [0.1, 0.15) is 5.82 Å². The average Bonchev–Trinajstić information content (AvgIpc) is 2.38. The standard InChI is InChI=1S/C14H10BrClFNO2/c15-12(11-6-5-10(17)8-13(11)16)7-9-3-1-2-4-14(9)18(19)20/h1-6,8,12H,7H2. The van der Waals surface area contributed by atoms with Crippen molar-refractivity contribution in [2.24, 2.45) is 0 Å². The highest BCUT2D eigenvalue weighted by molar-refractivity contribution is 9.09. The minimum absolute atomic E-state index is 0.0650. The summed E-state index contributed by atoms with van der Waals surface area (Å²) in [5.74, 6) is -0.413. The molecule has 1 atom stereocenters. The molecule has 20 heavy (non-hydrogen) atoms. The lowest BCUT2D eigenvalue weighted by atomic mass is 10.0. The summed E-state index contributed by atoms with van der Waals surface area (Å²) in [7, 11) is 0. The fourth-order valence-electron chi connectivity index (χ4n) is 1.92. The van der Waals surface area contributed by atoms with Crippen LogP contribution in [-0.2, 0) is 6.42 Å². The number of halogens is 3. The summed E-state index contributed by atoms with van der Waals surface area (Å²) in [4.78, 5) is 10.3. The van der Waals surface area contributed by atoms with E-state index in [1.54, 1.807) is 24.3 Å². The molecule has 0 aliphatic rings. The molecule has 0 bridgehead atoms. The van der Waals surface area contributed by atoms with Gasteiger partial charge in [-0.15, -0.1) is 0 Å². The van der Waals surface area contributed by atoms with Crippen molar-refractivity contribution in [3.63, 3.8) is 0 Å². The molecule has 0 spiro atoms. The van der Waals surface area contributed by atoms with E-state index in [1.165, 1.54) is 18.2 Å². The van der Waals surface area contributed by atoms with E-state index in [-0.39, 0.29) is 10.5 Å². The van der Waals surface area contributed by atoms with Gasteiger partial charge in [-0.1, -0.05) is 51.8 Å². The number of para-hydroxylation sites is 1. The van der Waals surface area contributed by atoms with Gasteiger partial charge in [-0.2, -0.15) is 0 Å². The van der Waals surface area contributed by atoms with Crippen molar-refractivity contribution in [3.8, 4) is 0 Å². The normalized spacial score (nSPS) is 12.2. The maximum Gasteiger partial charge on any atom is 0.272 e. The summed E-state index contributed by atoms with van der Waals surface area (Å²) in [6.45, 7) is 0. The maximum atomic E-state index is 13.0. The highest BCUT2D eigenvalue weighted by Crippen LogP contribution is 2.34. The Morgan fingerprint density at radius 1 is 1.30 bits per heavy atom. The van der Waals surface area contributed by atoms with Crippen molar-refractivity contribution in [1.82, 2.24) is 0 Å². The Hall–Kier alpha value is -1.46. The Balaban J connectivity index is 2.28. The summed E-state index contributed by atoms with van der Waals surface area (Å²) in [5.41, 5.74) is 1.36. The van der Waals surface area contributed by atoms with Gasteiger partial charge in [0.25, 0.3) is 5.69 Å². The van der Waals surface area contributed by atoms with Crippen LogP contribution in [0.4, 0.5) is 10.1 Å². The molecule has 0 aliphatic carbocycles. The van der Waals surface area contributed by atoms with Crippen molar-refractivity contribution in [3.05, 3.63) is 74.5 Å². The van der Waals surface area contributed by atoms with E-state index in [2.05, 4.69) is 15.9 Å². The molecule has 0 fully saturated rings. The van der Waals surface area contributed by atoms with Crippen molar-refractivity contribution < 1.29 is 9.31 Å². The van der Waals surface area contributed by atoms with Gasteiger partial charge in [-0.05, 0) is 24.1 Å². The number of benzene rings is 2. The lowest BCUT2D eigenvalue weighted by molar-refractivity contribution is -0.385. The molecule has 1 unspecified atom stereocenters. The predicted octanol–water partition coefficient (Wildman–Crippen LogP) is 5.07. The zero-order valence-electron chi connectivity index (χ0n) is 10.2. The highest BCUT2D eigenvalue weighted by Gasteiger charge is 2.18. The van der Waals surface area contributed by atoms with Crippen LogP contribution in [0.25, 0.3) is 0 Å². The van der Waals surface area contributed by atoms with Crippen LogP contribution in [0.3, 0.4) is 0 Å². The van der Waals surface area contributed by atoms with Crippen LogP contribution in [0.1, 0.15) is 16.0 Å². The van der Waals surface area contributed by atoms with Crippen LogP contribution in [0.5, 0.6) is 0 Å². The minimum Gasteiger partial charge on any atom is -0.258 e. The van der Waals surface area contributed by atoms with Crippen LogP contribution < -0.4 is 0 Å². The van der Waals surface area contributed by atoms with Gasteiger partial charge in [0.05, 0.1) is 4.92 Å². The largest absolute Gasteiger partial charge is 0.272 e. The lowest BCUT2D eigenvalue weighted by Gasteiger charge is -2.12. The summed E-state index contributed by atoms with van der Waals surface area (Å²) >= 11 is 9.44. The maximum absolute atomic E-state index is 13.0. The molecular formula is C14H10BrClFNO2. The molecule has 0 aliphatic heterocycles. The molecule has 0 radical (unpaired) electrons. The first-order valence-electron chi connectivity index (χ1n) is 5.80. The van der Waals surface area contributed by atoms with Crippen LogP contribution in [0.15, 0.2) is 42.5 Å². The lowest BCUT2D eigenvalue weighted by Crippen LogP contribution is -2.00. The first-order valence-corrected chi connectivity index (χ1v) is 7.09. The third kappa shape index (κ3) is 3.35. The van der Waals surface area contributed by atoms with Gasteiger partial charge in [-0.25, -0.2) is 4.39 Å². The molecule has 2 aromatic rings. The number of alkyl halides is 1. The first kappa shape index (κ1) is 14.9. The van der Waals surface area contributed by atoms with Gasteiger partial charge in [0.2, 0.25) is 0 Å². The predicted molar refractivity (Wildman–Crippen MR) is 79.9 cm³/mol. The van der Waals surface area contributed by atoms with Crippen LogP contribution >= 0.6 is 27.5 Å². The summed E-state index contributed by atoms with van der Waals surface area (Å²) < 4.78 is 13.0. The van der Waals surface area contributed by atoms with Gasteiger partial charge in [0.15, 0.2) is 0 Å². The molecule has 0 heterocycles. The number of hydrogen-bond acceptors (Lipinski definition) is 2. The molecule has 3 nitrogen and oxygen atoms in total. The molecule has 6 heteroatoms. The van der Waals surface area contributed by atoms with E-state index < -0.39 is 10.7 Å². The quantitative estimate of drug-likeness (QED) is 0.435. The number of rotatable bonds is 4. The molecule has 0 saturated carbocycles. The Morgan fingerprint density at radius 2 is 2.00 bits per heavy atom. The monoisotopic (exact) mass is 357 g/mol. The SMILES string of the molecule is O=[N+]([O-])c1ccccc1CC(Br)c1ccc(F)cc1Cl. The Kier molecular flexibility index (Phi) is 4.73. The van der Waals surface area contributed by atoms with E-state index in [0.717, 1.165) is 0 Å². The van der Waals surface area contributed by atoms with Gasteiger partial charge in [-0.3, -0.25) is 10.1 Å². The molecule has 0 N–H and O–H groups in total. The number of hydrogen-bond donors (Lipinski definition) is 0. The average molecular weight is 359 g/mol. The molecule has 104 valence electrons. The Labute approximate surface area is 128 Å². The van der Waals surface area contributed by atoms with E-state index >= 15 is 0 Å². The fraction of sp³-hybridized carbons (Fsp3) is 0.143. The molecule has 2 aromatic carbocycles. The van der Waals surface area contributed by atoms with Gasteiger partial charge in [0, 0.05) is 21.5 Å². The third-order valence-electron chi connectivity index (χ3n) is 2.89. The van der Waals surface area contributed by atoms with E-state index in [9.17, 15) is 14.5 Å². The Morgan fingerprint density at radius 3 is 2.65 bits per heavy atom. The molecular weight excluding hydrogens is 349 g/mol. The summed E-state index contributed by atoms with van der Waals surface area (Å²) in [6, 6.07) is 10.6. The van der Waals surface area contributed by atoms with Crippen LogP contribution in [0, 0.1) is 15.9 Å². The highest BCUT2D eigenvalue weighted by atomic mass is 79.9. The number of nitro benzene ring substituents is 1. The van der Waals surface area contributed by atoms with Crippen molar-refractivity contribution in [2.45, 2.75) is 11.2 Å². The van der Waals surface area contributed by atoms with Gasteiger partial charge >= 0.3 is 0 Å². The van der Waals surface area contributed by atoms with E-state index in [0.29, 0.717) is 22.6 Å². The summed E-state index contributed by atoms with van der Waals surface area (Å²) in [5, 5.41) is 11.3. The van der Waals surface area contributed by atoms with E-state index in [4.69, 9.17) is 11.6 Å². The summed E-state index contributed by atoms with van der Waals surface area (Å²) in [6.07, 6.45) is 0.391. The third-order valence-corrected chi connectivity index (χ3v) is 4.03. The zero-order valence-corrected chi connectivity index (χ0v) is 12.6. The number of nitrogens with zero attached hydrogens (tertiary/aromatic N) is 1. The molecule has 0 saturated heterocycles. The van der Waals surface area contributed by atoms with Crippen molar-refractivity contribution in [1.29, 1.82) is 0 Å². The Bertz CT molecular complexity index is 651. The first-order chi connectivity index (χ1) is 9.49. The van der Waals surface area contributed by atoms with Crippen molar-refractivity contribution >= 4 is 33.2 Å². The van der Waals surface area contributed by atoms with Crippen LogP contribution in [-0.4, -0.2) is 4.92 Å².